The molecular weight excluding hydrogens is 254 g/mol. The van der Waals surface area contributed by atoms with E-state index in [2.05, 4.69) is 44.3 Å². The maximum absolute atomic E-state index is 9.48. The average molecular weight is 277 g/mol. The normalized spacial score (nSPS) is 36.9. The van der Waals surface area contributed by atoms with Gasteiger partial charge in [0, 0.05) is 5.92 Å². The molecule has 2 nitrogen and oxygen atoms in total. The summed E-state index contributed by atoms with van der Waals surface area (Å²) < 4.78 is 0. The minimum atomic E-state index is 0.430. The van der Waals surface area contributed by atoms with Crippen molar-refractivity contribution in [1.82, 2.24) is 0 Å². The molecule has 0 aliphatic heterocycles. The Balaban J connectivity index is 1.87. The second-order valence-electron chi connectivity index (χ2n) is 7.04. The third kappa shape index (κ3) is 1.85. The Hall–Kier alpha value is -0.830. The van der Waals surface area contributed by atoms with E-state index in [4.69, 9.17) is 0 Å². The van der Waals surface area contributed by atoms with Gasteiger partial charge in [0.2, 0.25) is 0 Å². The molecule has 19 heavy (non-hydrogen) atoms. The molecule has 3 fully saturated rings. The van der Waals surface area contributed by atoms with E-state index in [-0.39, 0.29) is 0 Å². The number of rotatable bonds is 2. The van der Waals surface area contributed by atoms with Crippen molar-refractivity contribution in [3.05, 3.63) is 21.9 Å². The summed E-state index contributed by atoms with van der Waals surface area (Å²) in [4.78, 5) is 1.15. The zero-order valence-electron chi connectivity index (χ0n) is 12.2. The lowest BCUT2D eigenvalue weighted by atomic mass is 9.43. The van der Waals surface area contributed by atoms with Gasteiger partial charge >= 0.3 is 0 Å². The standard InChI is InChI=1S/C16H23NOS/c1-9-5-14(19-8-9)15(17-18)12-6-11-7-13(10(12)2)16(11,3)4/h5,8,10-13,18H,6-7H2,1-4H3/b17-15-/t10?,11-,12-,13-/m1/s1. The molecule has 4 rings (SSSR count). The highest BCUT2D eigenvalue weighted by Gasteiger charge is 2.57. The molecule has 0 amide bonds. The Morgan fingerprint density at radius 2 is 2.16 bits per heavy atom. The number of thiophene rings is 1. The monoisotopic (exact) mass is 277 g/mol. The largest absolute Gasteiger partial charge is 0.411 e. The minimum Gasteiger partial charge on any atom is -0.411 e. The molecule has 0 spiro atoms. The molecule has 104 valence electrons. The summed E-state index contributed by atoms with van der Waals surface area (Å²) in [5, 5.41) is 15.3. The van der Waals surface area contributed by atoms with Crippen molar-refractivity contribution in [2.24, 2.45) is 34.2 Å². The van der Waals surface area contributed by atoms with Crippen LogP contribution in [-0.4, -0.2) is 10.9 Å². The van der Waals surface area contributed by atoms with Crippen molar-refractivity contribution in [1.29, 1.82) is 0 Å². The first-order valence-electron chi connectivity index (χ1n) is 7.22. The van der Waals surface area contributed by atoms with Crippen LogP contribution in [0.5, 0.6) is 0 Å². The van der Waals surface area contributed by atoms with E-state index in [0.717, 1.165) is 22.4 Å². The van der Waals surface area contributed by atoms with Crippen LogP contribution < -0.4 is 0 Å². The Labute approximate surface area is 119 Å². The summed E-state index contributed by atoms with van der Waals surface area (Å²) >= 11 is 1.70. The molecule has 1 heterocycles. The van der Waals surface area contributed by atoms with Gasteiger partial charge in [0.1, 0.15) is 5.71 Å². The van der Waals surface area contributed by atoms with Crippen LogP contribution in [-0.2, 0) is 0 Å². The van der Waals surface area contributed by atoms with Gasteiger partial charge in [-0.05, 0) is 59.9 Å². The Bertz CT molecular complexity index is 517. The smallest absolute Gasteiger partial charge is 0.100 e. The van der Waals surface area contributed by atoms with E-state index >= 15 is 0 Å². The van der Waals surface area contributed by atoms with E-state index in [1.807, 2.05) is 0 Å². The molecule has 0 radical (unpaired) electrons. The van der Waals surface area contributed by atoms with Crippen molar-refractivity contribution in [2.75, 3.05) is 0 Å². The van der Waals surface area contributed by atoms with Gasteiger partial charge in [-0.25, -0.2) is 0 Å². The summed E-state index contributed by atoms with van der Waals surface area (Å²) in [6, 6.07) is 2.15. The second kappa shape index (κ2) is 4.34. The number of fused-ring (bicyclic) bond motifs is 2. The van der Waals surface area contributed by atoms with Gasteiger partial charge in [-0.15, -0.1) is 11.3 Å². The fourth-order valence-corrected chi connectivity index (χ4v) is 5.33. The number of nitrogens with zero attached hydrogens (tertiary/aromatic N) is 1. The highest BCUT2D eigenvalue weighted by atomic mass is 32.1. The zero-order chi connectivity index (χ0) is 13.8. The summed E-state index contributed by atoms with van der Waals surface area (Å²) in [5.74, 6) is 2.64. The summed E-state index contributed by atoms with van der Waals surface area (Å²) in [5.41, 5.74) is 2.67. The molecule has 1 N–H and O–H groups in total. The summed E-state index contributed by atoms with van der Waals surface area (Å²) in [7, 11) is 0. The Kier molecular flexibility index (Phi) is 3.01. The van der Waals surface area contributed by atoms with Gasteiger partial charge in [0.25, 0.3) is 0 Å². The van der Waals surface area contributed by atoms with Gasteiger partial charge in [-0.2, -0.15) is 0 Å². The predicted octanol–water partition coefficient (Wildman–Crippen LogP) is 4.55. The molecule has 1 unspecified atom stereocenters. The fourth-order valence-electron chi connectivity index (χ4n) is 4.38. The van der Waals surface area contributed by atoms with Crippen LogP contribution in [0, 0.1) is 36.0 Å². The second-order valence-corrected chi connectivity index (χ2v) is 7.95. The van der Waals surface area contributed by atoms with Gasteiger partial charge in [-0.3, -0.25) is 0 Å². The van der Waals surface area contributed by atoms with Crippen LogP contribution in [0.2, 0.25) is 0 Å². The number of aryl methyl sites for hydroxylation is 1. The molecule has 3 aliphatic rings. The molecule has 0 aromatic carbocycles. The highest BCUT2D eigenvalue weighted by Crippen LogP contribution is 2.63. The molecular formula is C16H23NOS. The van der Waals surface area contributed by atoms with Crippen LogP contribution in [0.4, 0.5) is 0 Å². The number of hydrogen-bond acceptors (Lipinski definition) is 3. The molecule has 1 aromatic rings. The first kappa shape index (κ1) is 13.2. The molecule has 0 saturated heterocycles. The maximum atomic E-state index is 9.48. The predicted molar refractivity (Wildman–Crippen MR) is 80.0 cm³/mol. The van der Waals surface area contributed by atoms with Crippen molar-refractivity contribution in [2.45, 2.75) is 40.5 Å². The quantitative estimate of drug-likeness (QED) is 0.480. The van der Waals surface area contributed by atoms with Crippen molar-refractivity contribution in [3.8, 4) is 0 Å². The summed E-state index contributed by atoms with van der Waals surface area (Å²) in [6.07, 6.45) is 2.55. The Morgan fingerprint density at radius 1 is 1.42 bits per heavy atom. The van der Waals surface area contributed by atoms with Crippen LogP contribution in [0.3, 0.4) is 0 Å². The van der Waals surface area contributed by atoms with Gasteiger partial charge in [0.15, 0.2) is 0 Å². The lowest BCUT2D eigenvalue weighted by molar-refractivity contribution is -0.114. The SMILES string of the molecule is Cc1csc(/C(=N\O)[C@@H]2C[C@@H]3C[C@H](C2C)C3(C)C)c1. The van der Waals surface area contributed by atoms with E-state index in [0.29, 0.717) is 17.3 Å². The Morgan fingerprint density at radius 3 is 2.63 bits per heavy atom. The van der Waals surface area contributed by atoms with Crippen LogP contribution in [0.25, 0.3) is 0 Å². The molecule has 4 atom stereocenters. The highest BCUT2D eigenvalue weighted by molar-refractivity contribution is 7.12. The van der Waals surface area contributed by atoms with Crippen LogP contribution in [0.15, 0.2) is 16.6 Å². The minimum absolute atomic E-state index is 0.430. The molecule has 3 aliphatic carbocycles. The lowest BCUT2D eigenvalue weighted by Gasteiger charge is -2.62. The van der Waals surface area contributed by atoms with E-state index in [1.54, 1.807) is 11.3 Å². The van der Waals surface area contributed by atoms with E-state index in [1.165, 1.54) is 18.4 Å². The number of hydrogen-bond donors (Lipinski definition) is 1. The van der Waals surface area contributed by atoms with Crippen molar-refractivity contribution in [3.63, 3.8) is 0 Å². The third-order valence-corrected chi connectivity index (χ3v) is 6.87. The molecule has 1 aromatic heterocycles. The molecule has 3 saturated carbocycles. The van der Waals surface area contributed by atoms with E-state index < -0.39 is 0 Å². The topological polar surface area (TPSA) is 32.6 Å². The first-order valence-corrected chi connectivity index (χ1v) is 8.10. The van der Waals surface area contributed by atoms with Crippen LogP contribution in [0.1, 0.15) is 44.1 Å². The van der Waals surface area contributed by atoms with Gasteiger partial charge in [0.05, 0.1) is 4.88 Å². The lowest BCUT2D eigenvalue weighted by Crippen LogP contribution is -2.56. The first-order chi connectivity index (χ1) is 8.95. The zero-order valence-corrected chi connectivity index (χ0v) is 13.0. The maximum Gasteiger partial charge on any atom is 0.100 e. The number of oxime groups is 1. The van der Waals surface area contributed by atoms with Gasteiger partial charge < -0.3 is 5.21 Å². The van der Waals surface area contributed by atoms with E-state index in [9.17, 15) is 5.21 Å². The molecule has 3 heteroatoms. The fraction of sp³-hybridized carbons (Fsp3) is 0.688. The van der Waals surface area contributed by atoms with Crippen LogP contribution >= 0.6 is 11.3 Å². The average Bonchev–Trinajstić information content (AvgIpc) is 2.78. The van der Waals surface area contributed by atoms with Gasteiger partial charge in [-0.1, -0.05) is 25.9 Å². The summed E-state index contributed by atoms with van der Waals surface area (Å²) in [6.45, 7) is 9.26. The van der Waals surface area contributed by atoms with Crippen molar-refractivity contribution < 1.29 is 5.21 Å². The molecule has 2 bridgehead atoms. The van der Waals surface area contributed by atoms with Crippen molar-refractivity contribution >= 4 is 17.0 Å². The third-order valence-electron chi connectivity index (χ3n) is 5.80.